The summed E-state index contributed by atoms with van der Waals surface area (Å²) in [5.74, 6) is 0.180. The summed E-state index contributed by atoms with van der Waals surface area (Å²) in [7, 11) is -3.47. The van der Waals surface area contributed by atoms with Crippen LogP contribution < -0.4 is 5.32 Å². The Balaban J connectivity index is 2.03. The van der Waals surface area contributed by atoms with E-state index in [0.717, 1.165) is 38.5 Å². The van der Waals surface area contributed by atoms with Crippen LogP contribution in [0.25, 0.3) is 0 Å². The van der Waals surface area contributed by atoms with Gasteiger partial charge in [-0.3, -0.25) is 4.79 Å². The van der Waals surface area contributed by atoms with Gasteiger partial charge in [0.25, 0.3) is 10.2 Å². The van der Waals surface area contributed by atoms with Crippen molar-refractivity contribution in [3.63, 3.8) is 0 Å². The highest BCUT2D eigenvalue weighted by atomic mass is 32.2. The lowest BCUT2D eigenvalue weighted by Crippen LogP contribution is -2.55. The monoisotopic (exact) mass is 359 g/mol. The molecule has 1 amide bonds. The second kappa shape index (κ2) is 8.63. The van der Waals surface area contributed by atoms with Crippen LogP contribution in [-0.4, -0.2) is 55.2 Å². The van der Waals surface area contributed by atoms with Crippen LogP contribution in [0.5, 0.6) is 0 Å². The van der Waals surface area contributed by atoms with Crippen molar-refractivity contribution in [2.24, 2.45) is 11.8 Å². The zero-order valence-electron chi connectivity index (χ0n) is 15.3. The van der Waals surface area contributed by atoms with Gasteiger partial charge in [0.2, 0.25) is 5.91 Å². The van der Waals surface area contributed by atoms with Crippen LogP contribution in [0.1, 0.15) is 59.3 Å². The summed E-state index contributed by atoms with van der Waals surface area (Å²) < 4.78 is 29.3. The van der Waals surface area contributed by atoms with Gasteiger partial charge in [-0.05, 0) is 44.9 Å². The number of carbonyl (C=O) groups excluding carboxylic acids is 1. The van der Waals surface area contributed by atoms with Crippen molar-refractivity contribution in [1.29, 1.82) is 0 Å². The molecule has 1 N–H and O–H groups in total. The average molecular weight is 360 g/mol. The summed E-state index contributed by atoms with van der Waals surface area (Å²) in [5, 5.41) is 2.95. The summed E-state index contributed by atoms with van der Waals surface area (Å²) in [6.07, 6.45) is 5.52. The first-order valence-corrected chi connectivity index (χ1v) is 10.8. The second-order valence-electron chi connectivity index (χ2n) is 7.45. The van der Waals surface area contributed by atoms with Gasteiger partial charge in [-0.15, -0.1) is 0 Å². The maximum absolute atomic E-state index is 13.0. The molecule has 2 rings (SSSR count). The maximum atomic E-state index is 13.0. The molecule has 2 aliphatic rings. The largest absolute Gasteiger partial charge is 0.356 e. The number of nitrogens with zero attached hydrogens (tertiary/aromatic N) is 2. The van der Waals surface area contributed by atoms with Crippen LogP contribution in [-0.2, 0) is 15.0 Å². The van der Waals surface area contributed by atoms with Gasteiger partial charge in [0.05, 0.1) is 5.92 Å². The van der Waals surface area contributed by atoms with Gasteiger partial charge in [-0.25, -0.2) is 0 Å². The zero-order valence-corrected chi connectivity index (χ0v) is 16.1. The van der Waals surface area contributed by atoms with Gasteiger partial charge in [0, 0.05) is 32.2 Å². The lowest BCUT2D eigenvalue weighted by molar-refractivity contribution is -0.126. The SMILES string of the molecule is CCCCNC(=O)C1CCC(C)N(S(=O)(=O)N2CCCC(C)C2)C1. The molecule has 0 radical (unpaired) electrons. The van der Waals surface area contributed by atoms with E-state index in [4.69, 9.17) is 0 Å². The van der Waals surface area contributed by atoms with Crippen LogP contribution in [0.3, 0.4) is 0 Å². The molecule has 24 heavy (non-hydrogen) atoms. The summed E-state index contributed by atoms with van der Waals surface area (Å²) in [6, 6.07) is -0.0353. The highest BCUT2D eigenvalue weighted by Gasteiger charge is 2.40. The predicted molar refractivity (Wildman–Crippen MR) is 95.7 cm³/mol. The van der Waals surface area contributed by atoms with Gasteiger partial charge in [0.1, 0.15) is 0 Å². The standard InChI is InChI=1S/C17H33N3O3S/c1-4-5-10-18-17(21)16-9-8-15(3)20(13-16)24(22,23)19-11-6-7-14(2)12-19/h14-16H,4-13H2,1-3H3,(H,18,21). The molecule has 3 atom stereocenters. The molecule has 0 saturated carbocycles. The third-order valence-electron chi connectivity index (χ3n) is 5.27. The molecule has 3 unspecified atom stereocenters. The van der Waals surface area contributed by atoms with Gasteiger partial charge in [-0.1, -0.05) is 20.3 Å². The average Bonchev–Trinajstić information content (AvgIpc) is 2.55. The lowest BCUT2D eigenvalue weighted by Gasteiger charge is -2.41. The minimum absolute atomic E-state index is 0.00237. The molecule has 7 heteroatoms. The fraction of sp³-hybridized carbons (Fsp3) is 0.941. The minimum Gasteiger partial charge on any atom is -0.356 e. The Kier molecular flexibility index (Phi) is 7.07. The van der Waals surface area contributed by atoms with Gasteiger partial charge in [-0.2, -0.15) is 17.0 Å². The first-order valence-electron chi connectivity index (χ1n) is 9.40. The summed E-state index contributed by atoms with van der Waals surface area (Å²) in [5.41, 5.74) is 0. The molecule has 6 nitrogen and oxygen atoms in total. The lowest BCUT2D eigenvalue weighted by atomic mass is 9.94. The van der Waals surface area contributed by atoms with Crippen molar-refractivity contribution in [3.8, 4) is 0 Å². The Morgan fingerprint density at radius 3 is 2.58 bits per heavy atom. The molecule has 0 aromatic rings. The predicted octanol–water partition coefficient (Wildman–Crippen LogP) is 1.98. The molecule has 140 valence electrons. The Hall–Kier alpha value is -0.660. The third-order valence-corrected chi connectivity index (χ3v) is 7.35. The quantitative estimate of drug-likeness (QED) is 0.737. The van der Waals surface area contributed by atoms with Crippen LogP contribution in [0, 0.1) is 11.8 Å². The topological polar surface area (TPSA) is 69.7 Å². The number of amides is 1. The number of carbonyl (C=O) groups is 1. The highest BCUT2D eigenvalue weighted by Crippen LogP contribution is 2.28. The molecule has 0 aromatic carbocycles. The van der Waals surface area contributed by atoms with Gasteiger partial charge < -0.3 is 5.32 Å². The fourth-order valence-electron chi connectivity index (χ4n) is 3.65. The first-order chi connectivity index (χ1) is 11.4. The number of piperidine rings is 2. The minimum atomic E-state index is -3.47. The molecule has 0 aliphatic carbocycles. The van der Waals surface area contributed by atoms with Crippen LogP contribution >= 0.6 is 0 Å². The molecular weight excluding hydrogens is 326 g/mol. The van der Waals surface area contributed by atoms with E-state index in [1.54, 1.807) is 8.61 Å². The van der Waals surface area contributed by atoms with Crippen molar-refractivity contribution < 1.29 is 13.2 Å². The molecule has 2 fully saturated rings. The van der Waals surface area contributed by atoms with Crippen LogP contribution in [0.2, 0.25) is 0 Å². The van der Waals surface area contributed by atoms with Crippen molar-refractivity contribution in [2.45, 2.75) is 65.3 Å². The first kappa shape index (κ1) is 19.7. The normalized spacial score (nSPS) is 30.2. The van der Waals surface area contributed by atoms with Crippen LogP contribution in [0.4, 0.5) is 0 Å². The molecule has 0 bridgehead atoms. The van der Waals surface area contributed by atoms with E-state index in [1.807, 2.05) is 6.92 Å². The highest BCUT2D eigenvalue weighted by molar-refractivity contribution is 7.86. The summed E-state index contributed by atoms with van der Waals surface area (Å²) in [4.78, 5) is 12.3. The number of hydrogen-bond acceptors (Lipinski definition) is 3. The summed E-state index contributed by atoms with van der Waals surface area (Å²) in [6.45, 7) is 8.33. The maximum Gasteiger partial charge on any atom is 0.282 e. The van der Waals surface area contributed by atoms with Crippen molar-refractivity contribution >= 4 is 16.1 Å². The van der Waals surface area contributed by atoms with E-state index in [1.165, 1.54) is 0 Å². The molecule has 2 aliphatic heterocycles. The van der Waals surface area contributed by atoms with E-state index in [-0.39, 0.29) is 17.9 Å². The number of rotatable bonds is 6. The number of nitrogens with one attached hydrogen (secondary N) is 1. The van der Waals surface area contributed by atoms with Gasteiger partial charge >= 0.3 is 0 Å². The van der Waals surface area contributed by atoms with Gasteiger partial charge in [0.15, 0.2) is 0 Å². The number of hydrogen-bond donors (Lipinski definition) is 1. The van der Waals surface area contributed by atoms with E-state index in [9.17, 15) is 13.2 Å². The smallest absolute Gasteiger partial charge is 0.282 e. The molecule has 2 saturated heterocycles. The Morgan fingerprint density at radius 2 is 1.92 bits per heavy atom. The van der Waals surface area contributed by atoms with E-state index < -0.39 is 10.2 Å². The number of unbranched alkanes of at least 4 members (excludes halogenated alkanes) is 1. The molecular formula is C17H33N3O3S. The summed E-state index contributed by atoms with van der Waals surface area (Å²) >= 11 is 0. The molecule has 2 heterocycles. The molecule has 0 aromatic heterocycles. The van der Waals surface area contributed by atoms with E-state index in [0.29, 0.717) is 32.1 Å². The van der Waals surface area contributed by atoms with E-state index >= 15 is 0 Å². The molecule has 0 spiro atoms. The van der Waals surface area contributed by atoms with Crippen molar-refractivity contribution in [3.05, 3.63) is 0 Å². The third kappa shape index (κ3) is 4.70. The Morgan fingerprint density at radius 1 is 1.17 bits per heavy atom. The second-order valence-corrected chi connectivity index (χ2v) is 9.33. The van der Waals surface area contributed by atoms with Crippen LogP contribution in [0.15, 0.2) is 0 Å². The zero-order chi connectivity index (χ0) is 17.7. The van der Waals surface area contributed by atoms with E-state index in [2.05, 4.69) is 19.2 Å². The Labute approximate surface area is 147 Å². The van der Waals surface area contributed by atoms with Crippen molar-refractivity contribution in [1.82, 2.24) is 13.9 Å². The fourth-order valence-corrected chi connectivity index (χ4v) is 5.68. The van der Waals surface area contributed by atoms with Crippen molar-refractivity contribution in [2.75, 3.05) is 26.2 Å². The Bertz CT molecular complexity index is 523.